The van der Waals surface area contributed by atoms with Gasteiger partial charge in [-0.15, -0.1) is 0 Å². The molecule has 0 aliphatic carbocycles. The molecule has 2 aromatic rings. The molecule has 152 valence electrons. The SMILES string of the molecule is CCOc1ccc(-c2nc(CN3CCC[C@H](C(=O)CC(C)C)C3)c(C)o2)cc1. The lowest BCUT2D eigenvalue weighted by atomic mass is 9.89. The van der Waals surface area contributed by atoms with Crippen LogP contribution >= 0.6 is 0 Å². The number of hydrogen-bond donors (Lipinski definition) is 0. The molecule has 1 aliphatic heterocycles. The monoisotopic (exact) mass is 384 g/mol. The van der Waals surface area contributed by atoms with Gasteiger partial charge in [-0.2, -0.15) is 0 Å². The predicted octanol–water partition coefficient (Wildman–Crippen LogP) is 4.88. The van der Waals surface area contributed by atoms with Crippen LogP contribution in [0.4, 0.5) is 0 Å². The first kappa shape index (κ1) is 20.6. The first-order chi connectivity index (χ1) is 13.5. The van der Waals surface area contributed by atoms with Gasteiger partial charge < -0.3 is 9.15 Å². The van der Waals surface area contributed by atoms with Crippen LogP contribution in [0, 0.1) is 18.8 Å². The molecule has 1 fully saturated rings. The van der Waals surface area contributed by atoms with Crippen LogP contribution in [-0.4, -0.2) is 35.4 Å². The average Bonchev–Trinajstić information content (AvgIpc) is 3.03. The lowest BCUT2D eigenvalue weighted by molar-refractivity contribution is -0.125. The minimum absolute atomic E-state index is 0.161. The maximum Gasteiger partial charge on any atom is 0.226 e. The van der Waals surface area contributed by atoms with Gasteiger partial charge in [-0.05, 0) is 63.4 Å². The molecule has 0 spiro atoms. The molecule has 1 aromatic carbocycles. The first-order valence-electron chi connectivity index (χ1n) is 10.4. The van der Waals surface area contributed by atoms with Crippen molar-refractivity contribution in [2.24, 2.45) is 11.8 Å². The maximum atomic E-state index is 12.5. The van der Waals surface area contributed by atoms with E-state index >= 15 is 0 Å². The van der Waals surface area contributed by atoms with Crippen molar-refractivity contribution in [3.05, 3.63) is 35.7 Å². The molecular weight excluding hydrogens is 352 g/mol. The van der Waals surface area contributed by atoms with Crippen LogP contribution in [0.3, 0.4) is 0 Å². The zero-order valence-corrected chi connectivity index (χ0v) is 17.5. The Morgan fingerprint density at radius 3 is 2.75 bits per heavy atom. The summed E-state index contributed by atoms with van der Waals surface area (Å²) in [4.78, 5) is 19.5. The number of piperidine rings is 1. The smallest absolute Gasteiger partial charge is 0.226 e. The second-order valence-corrected chi connectivity index (χ2v) is 8.12. The zero-order chi connectivity index (χ0) is 20.1. The highest BCUT2D eigenvalue weighted by molar-refractivity contribution is 5.81. The van der Waals surface area contributed by atoms with E-state index in [1.165, 1.54) is 0 Å². The van der Waals surface area contributed by atoms with Crippen LogP contribution in [0.5, 0.6) is 5.75 Å². The highest BCUT2D eigenvalue weighted by Crippen LogP contribution is 2.26. The quantitative estimate of drug-likeness (QED) is 0.649. The van der Waals surface area contributed by atoms with Gasteiger partial charge in [0.15, 0.2) is 0 Å². The minimum Gasteiger partial charge on any atom is -0.494 e. The van der Waals surface area contributed by atoms with Gasteiger partial charge >= 0.3 is 0 Å². The van der Waals surface area contributed by atoms with Gasteiger partial charge in [-0.1, -0.05) is 13.8 Å². The Morgan fingerprint density at radius 2 is 2.07 bits per heavy atom. The van der Waals surface area contributed by atoms with Crippen LogP contribution in [0.1, 0.15) is 51.5 Å². The number of ether oxygens (including phenoxy) is 1. The topological polar surface area (TPSA) is 55.6 Å². The van der Waals surface area contributed by atoms with E-state index in [4.69, 9.17) is 14.1 Å². The van der Waals surface area contributed by atoms with Gasteiger partial charge in [-0.3, -0.25) is 9.69 Å². The lowest BCUT2D eigenvalue weighted by Gasteiger charge is -2.31. The molecule has 0 bridgehead atoms. The van der Waals surface area contributed by atoms with E-state index in [0.29, 0.717) is 30.6 Å². The fourth-order valence-corrected chi connectivity index (χ4v) is 3.80. The number of hydrogen-bond acceptors (Lipinski definition) is 5. The number of rotatable bonds is 8. The van der Waals surface area contributed by atoms with E-state index in [-0.39, 0.29) is 5.92 Å². The Bertz CT molecular complexity index is 780. The summed E-state index contributed by atoms with van der Waals surface area (Å²) in [6.07, 6.45) is 2.76. The van der Waals surface area contributed by atoms with Crippen LogP contribution < -0.4 is 4.74 Å². The number of nitrogens with zero attached hydrogens (tertiary/aromatic N) is 2. The highest BCUT2D eigenvalue weighted by Gasteiger charge is 2.27. The van der Waals surface area contributed by atoms with Crippen molar-refractivity contribution in [1.29, 1.82) is 0 Å². The third-order valence-corrected chi connectivity index (χ3v) is 5.25. The summed E-state index contributed by atoms with van der Waals surface area (Å²) in [5.41, 5.74) is 1.90. The molecule has 1 aliphatic rings. The lowest BCUT2D eigenvalue weighted by Crippen LogP contribution is -2.38. The van der Waals surface area contributed by atoms with Crippen LogP contribution in [-0.2, 0) is 11.3 Å². The van der Waals surface area contributed by atoms with Crippen LogP contribution in [0.2, 0.25) is 0 Å². The van der Waals surface area contributed by atoms with Crippen LogP contribution in [0.15, 0.2) is 28.7 Å². The van der Waals surface area contributed by atoms with Gasteiger partial charge in [0, 0.05) is 31.0 Å². The van der Waals surface area contributed by atoms with Crippen molar-refractivity contribution in [3.63, 3.8) is 0 Å². The van der Waals surface area contributed by atoms with E-state index < -0.39 is 0 Å². The van der Waals surface area contributed by atoms with E-state index in [9.17, 15) is 4.79 Å². The number of carbonyl (C=O) groups is 1. The van der Waals surface area contributed by atoms with Crippen molar-refractivity contribution in [1.82, 2.24) is 9.88 Å². The normalized spacial score (nSPS) is 17.8. The molecule has 0 radical (unpaired) electrons. The third kappa shape index (κ3) is 5.22. The molecule has 1 aromatic heterocycles. The molecule has 2 heterocycles. The summed E-state index contributed by atoms with van der Waals surface area (Å²) in [6.45, 7) is 11.4. The Kier molecular flexibility index (Phi) is 6.89. The van der Waals surface area contributed by atoms with E-state index in [1.54, 1.807) is 0 Å². The summed E-state index contributed by atoms with van der Waals surface area (Å²) >= 11 is 0. The van der Waals surface area contributed by atoms with Crippen molar-refractivity contribution in [2.45, 2.75) is 53.5 Å². The molecule has 3 rings (SSSR count). The average molecular weight is 385 g/mol. The summed E-state index contributed by atoms with van der Waals surface area (Å²) in [7, 11) is 0. The van der Waals surface area contributed by atoms with Gasteiger partial charge in [0.25, 0.3) is 0 Å². The summed E-state index contributed by atoms with van der Waals surface area (Å²) in [5.74, 6) is 3.33. The number of carbonyl (C=O) groups excluding carboxylic acids is 1. The van der Waals surface area contributed by atoms with E-state index in [0.717, 1.165) is 55.2 Å². The minimum atomic E-state index is 0.161. The molecular formula is C23H32N2O3. The van der Waals surface area contributed by atoms with Crippen molar-refractivity contribution in [3.8, 4) is 17.2 Å². The number of ketones is 1. The predicted molar refractivity (Wildman–Crippen MR) is 110 cm³/mol. The van der Waals surface area contributed by atoms with Gasteiger partial charge in [0.2, 0.25) is 5.89 Å². The van der Waals surface area contributed by atoms with E-state index in [1.807, 2.05) is 38.1 Å². The summed E-state index contributed by atoms with van der Waals surface area (Å²) < 4.78 is 11.4. The Morgan fingerprint density at radius 1 is 1.32 bits per heavy atom. The number of aromatic nitrogens is 1. The Hall–Kier alpha value is -2.14. The third-order valence-electron chi connectivity index (χ3n) is 5.25. The molecule has 0 N–H and O–H groups in total. The molecule has 5 nitrogen and oxygen atoms in total. The molecule has 1 saturated heterocycles. The maximum absolute atomic E-state index is 12.5. The Labute approximate surface area is 168 Å². The van der Waals surface area contributed by atoms with Crippen LogP contribution in [0.25, 0.3) is 11.5 Å². The van der Waals surface area contributed by atoms with Gasteiger partial charge in [0.05, 0.1) is 12.3 Å². The Balaban J connectivity index is 1.65. The standard InChI is InChI=1S/C23H32N2O3/c1-5-27-20-10-8-18(9-11-20)23-24-21(17(4)28-23)15-25-12-6-7-19(14-25)22(26)13-16(2)3/h8-11,16,19H,5-7,12-15H2,1-4H3/t19-/m0/s1. The van der Waals surface area contributed by atoms with Crippen molar-refractivity contribution >= 4 is 5.78 Å². The summed E-state index contributed by atoms with van der Waals surface area (Å²) in [6, 6.07) is 7.82. The second kappa shape index (κ2) is 9.37. The number of oxazole rings is 1. The molecule has 0 unspecified atom stereocenters. The van der Waals surface area contributed by atoms with Crippen molar-refractivity contribution < 1.29 is 13.9 Å². The number of aryl methyl sites for hydroxylation is 1. The number of benzene rings is 1. The van der Waals surface area contributed by atoms with Crippen molar-refractivity contribution in [2.75, 3.05) is 19.7 Å². The largest absolute Gasteiger partial charge is 0.494 e. The molecule has 0 saturated carbocycles. The zero-order valence-electron chi connectivity index (χ0n) is 17.5. The summed E-state index contributed by atoms with van der Waals surface area (Å²) in [5, 5.41) is 0. The molecule has 5 heteroatoms. The van der Waals surface area contributed by atoms with E-state index in [2.05, 4.69) is 18.7 Å². The molecule has 1 atom stereocenters. The van der Waals surface area contributed by atoms with Gasteiger partial charge in [-0.25, -0.2) is 4.98 Å². The van der Waals surface area contributed by atoms with Gasteiger partial charge in [0.1, 0.15) is 17.3 Å². The first-order valence-corrected chi connectivity index (χ1v) is 10.4. The number of Topliss-reactive ketones (excluding diaryl/α,β-unsaturated/α-hetero) is 1. The highest BCUT2D eigenvalue weighted by atomic mass is 16.5. The second-order valence-electron chi connectivity index (χ2n) is 8.12. The molecule has 28 heavy (non-hydrogen) atoms. The fraction of sp³-hybridized carbons (Fsp3) is 0.565. The fourth-order valence-electron chi connectivity index (χ4n) is 3.80. The molecule has 0 amide bonds. The number of likely N-dealkylation sites (tertiary alicyclic amines) is 1.